The van der Waals surface area contributed by atoms with Crippen LogP contribution >= 0.6 is 0 Å². The molecule has 0 aromatic heterocycles. The third-order valence-electron chi connectivity index (χ3n) is 7.86. The van der Waals surface area contributed by atoms with Gasteiger partial charge in [0.2, 0.25) is 0 Å². The Morgan fingerprint density at radius 3 is 2.39 bits per heavy atom. The average Bonchev–Trinajstić information content (AvgIpc) is 3.68. The van der Waals surface area contributed by atoms with E-state index >= 15 is 0 Å². The van der Waals surface area contributed by atoms with Crippen LogP contribution in [0.2, 0.25) is 0 Å². The van der Waals surface area contributed by atoms with Gasteiger partial charge in [-0.1, -0.05) is 46.1 Å². The van der Waals surface area contributed by atoms with E-state index in [4.69, 9.17) is 4.99 Å². The van der Waals surface area contributed by atoms with Crippen LogP contribution in [0.3, 0.4) is 0 Å². The van der Waals surface area contributed by atoms with E-state index in [9.17, 15) is 13.2 Å². The molecule has 4 nitrogen and oxygen atoms in total. The van der Waals surface area contributed by atoms with Crippen LogP contribution in [0.1, 0.15) is 64.0 Å². The first-order chi connectivity index (χ1) is 16.9. The minimum atomic E-state index is -4.28. The van der Waals surface area contributed by atoms with Crippen molar-refractivity contribution < 1.29 is 13.2 Å². The van der Waals surface area contributed by atoms with Crippen LogP contribution in [0, 0.1) is 23.2 Å². The van der Waals surface area contributed by atoms with E-state index in [0.717, 1.165) is 41.6 Å². The van der Waals surface area contributed by atoms with Gasteiger partial charge in [0.25, 0.3) is 0 Å². The third-order valence-corrected chi connectivity index (χ3v) is 7.86. The second kappa shape index (κ2) is 9.14. The summed E-state index contributed by atoms with van der Waals surface area (Å²) >= 11 is 0. The molecule has 0 spiro atoms. The number of benzene rings is 1. The summed E-state index contributed by atoms with van der Waals surface area (Å²) in [6.07, 6.45) is 2.69. The lowest BCUT2D eigenvalue weighted by Crippen LogP contribution is -2.44. The summed E-state index contributed by atoms with van der Waals surface area (Å²) in [5, 5.41) is 6.31. The van der Waals surface area contributed by atoms with E-state index in [1.807, 2.05) is 12.1 Å². The molecule has 0 bridgehead atoms. The molecule has 0 amide bonds. The van der Waals surface area contributed by atoms with E-state index in [2.05, 4.69) is 50.6 Å². The van der Waals surface area contributed by atoms with Crippen molar-refractivity contribution >= 4 is 11.4 Å². The minimum Gasteiger partial charge on any atom is -0.380 e. The van der Waals surface area contributed by atoms with Crippen molar-refractivity contribution in [2.75, 3.05) is 6.54 Å². The number of halogens is 3. The Morgan fingerprint density at radius 1 is 1.17 bits per heavy atom. The monoisotopic (exact) mass is 500 g/mol. The maximum atomic E-state index is 13.2. The Labute approximate surface area is 213 Å². The van der Waals surface area contributed by atoms with E-state index in [-0.39, 0.29) is 18.0 Å². The molecule has 2 saturated carbocycles. The fourth-order valence-electron chi connectivity index (χ4n) is 5.97. The molecule has 1 saturated heterocycles. The van der Waals surface area contributed by atoms with Gasteiger partial charge in [0.15, 0.2) is 0 Å². The first-order valence-electron chi connectivity index (χ1n) is 13.3. The zero-order valence-electron chi connectivity index (χ0n) is 21.7. The van der Waals surface area contributed by atoms with Gasteiger partial charge < -0.3 is 15.5 Å². The smallest absolute Gasteiger partial charge is 0.380 e. The number of hydrogen-bond acceptors (Lipinski definition) is 4. The first-order valence-corrected chi connectivity index (χ1v) is 13.3. The highest BCUT2D eigenvalue weighted by molar-refractivity contribution is 5.98. The highest BCUT2D eigenvalue weighted by atomic mass is 19.4. The SMILES string of the molecule is C=C(CC(C)(C)C)NC(C1=Nc2cc(CN3CC(C(F)(F)F)NC3=C)ccc2C1)C(C1CC1)C1CC1. The molecule has 2 unspecified atom stereocenters. The van der Waals surface area contributed by atoms with Crippen LogP contribution < -0.4 is 10.6 Å². The molecule has 0 radical (unpaired) electrons. The van der Waals surface area contributed by atoms with Gasteiger partial charge in [0.1, 0.15) is 6.04 Å². The normalized spacial score (nSPS) is 23.0. The first kappa shape index (κ1) is 25.2. The molecular formula is C29H39F3N4. The number of nitrogens with one attached hydrogen (secondary N) is 2. The van der Waals surface area contributed by atoms with Crippen molar-refractivity contribution in [2.45, 2.75) is 84.1 Å². The molecule has 2 aliphatic heterocycles. The molecule has 2 atom stereocenters. The minimum absolute atomic E-state index is 0.125. The molecule has 1 aromatic rings. The van der Waals surface area contributed by atoms with E-state index in [1.165, 1.54) is 37.0 Å². The number of nitrogens with zero attached hydrogens (tertiary/aromatic N) is 2. The number of rotatable bonds is 9. The molecule has 196 valence electrons. The molecule has 3 fully saturated rings. The lowest BCUT2D eigenvalue weighted by molar-refractivity contribution is -0.150. The van der Waals surface area contributed by atoms with Gasteiger partial charge in [0.05, 0.1) is 17.6 Å². The van der Waals surface area contributed by atoms with E-state index < -0.39 is 12.2 Å². The second-order valence-corrected chi connectivity index (χ2v) is 12.5. The molecule has 2 N–H and O–H groups in total. The number of hydrogen-bond donors (Lipinski definition) is 2. The molecule has 1 aromatic carbocycles. The summed E-state index contributed by atoms with van der Waals surface area (Å²) in [6, 6.07) is 4.79. The van der Waals surface area contributed by atoms with Crippen LogP contribution in [0.25, 0.3) is 0 Å². The molecular weight excluding hydrogens is 461 g/mol. The van der Waals surface area contributed by atoms with Gasteiger partial charge in [-0.25, -0.2) is 0 Å². The van der Waals surface area contributed by atoms with Crippen LogP contribution in [0.5, 0.6) is 0 Å². The lowest BCUT2D eigenvalue weighted by Gasteiger charge is -2.32. The Hall–Kier alpha value is -2.44. The van der Waals surface area contributed by atoms with Crippen molar-refractivity contribution in [3.63, 3.8) is 0 Å². The maximum Gasteiger partial charge on any atom is 0.410 e. The van der Waals surface area contributed by atoms with Gasteiger partial charge in [-0.3, -0.25) is 4.99 Å². The van der Waals surface area contributed by atoms with Gasteiger partial charge in [0, 0.05) is 30.9 Å². The standard InChI is InChI=1S/C29H39F3N4/c1-17(14-28(3,4)5)33-27(26(20-8-9-20)21-10-11-21)24-13-22-7-6-19(12-23(22)35-24)15-36-16-25(29(30,31)32)34-18(36)2/h6-7,12,20-21,25-27,33-34H,1-2,8-11,13-16H2,3-5H3. The van der Waals surface area contributed by atoms with Crippen LogP contribution in [0.15, 0.2) is 47.9 Å². The predicted molar refractivity (Wildman–Crippen MR) is 139 cm³/mol. The number of alkyl halides is 3. The van der Waals surface area contributed by atoms with Crippen LogP contribution in [-0.4, -0.2) is 35.4 Å². The summed E-state index contributed by atoms with van der Waals surface area (Å²) < 4.78 is 39.5. The Balaban J connectivity index is 1.34. The van der Waals surface area contributed by atoms with Gasteiger partial charge in [-0.2, -0.15) is 13.2 Å². The lowest BCUT2D eigenvalue weighted by atomic mass is 9.84. The van der Waals surface area contributed by atoms with Crippen LogP contribution in [0.4, 0.5) is 18.9 Å². The van der Waals surface area contributed by atoms with Gasteiger partial charge in [-0.05, 0) is 72.5 Å². The summed E-state index contributed by atoms with van der Waals surface area (Å²) in [4.78, 5) is 6.79. The molecule has 36 heavy (non-hydrogen) atoms. The fraction of sp³-hybridized carbons (Fsp3) is 0.621. The molecule has 2 heterocycles. The average molecular weight is 501 g/mol. The fourth-order valence-corrected chi connectivity index (χ4v) is 5.97. The Morgan fingerprint density at radius 2 is 1.83 bits per heavy atom. The van der Waals surface area contributed by atoms with Crippen molar-refractivity contribution in [1.82, 2.24) is 15.5 Å². The zero-order chi connectivity index (χ0) is 25.8. The van der Waals surface area contributed by atoms with Crippen molar-refractivity contribution in [3.05, 3.63) is 54.0 Å². The zero-order valence-corrected chi connectivity index (χ0v) is 21.7. The van der Waals surface area contributed by atoms with Crippen molar-refractivity contribution in [2.24, 2.45) is 28.2 Å². The molecule has 7 heteroatoms. The molecule has 4 aliphatic rings. The Kier molecular flexibility index (Phi) is 6.40. The molecule has 2 aliphatic carbocycles. The summed E-state index contributed by atoms with van der Waals surface area (Å²) in [5.74, 6) is 2.47. The highest BCUT2D eigenvalue weighted by Gasteiger charge is 2.48. The number of fused-ring (bicyclic) bond motifs is 1. The summed E-state index contributed by atoms with van der Waals surface area (Å²) in [6.45, 7) is 15.1. The summed E-state index contributed by atoms with van der Waals surface area (Å²) in [7, 11) is 0. The largest absolute Gasteiger partial charge is 0.410 e. The highest BCUT2D eigenvalue weighted by Crippen LogP contribution is 2.52. The Bertz CT molecular complexity index is 1050. The third kappa shape index (κ3) is 5.76. The summed E-state index contributed by atoms with van der Waals surface area (Å²) in [5.41, 5.74) is 5.53. The maximum absolute atomic E-state index is 13.2. The quantitative estimate of drug-likeness (QED) is 0.408. The van der Waals surface area contributed by atoms with Gasteiger partial charge >= 0.3 is 6.18 Å². The van der Waals surface area contributed by atoms with Crippen LogP contribution in [-0.2, 0) is 13.0 Å². The van der Waals surface area contributed by atoms with E-state index in [0.29, 0.717) is 18.3 Å². The van der Waals surface area contributed by atoms with Crippen molar-refractivity contribution in [1.29, 1.82) is 0 Å². The number of aliphatic imine (C=N–C) groups is 1. The predicted octanol–water partition coefficient (Wildman–Crippen LogP) is 6.47. The van der Waals surface area contributed by atoms with E-state index in [1.54, 1.807) is 4.90 Å². The molecule has 5 rings (SSSR count). The second-order valence-electron chi connectivity index (χ2n) is 12.5. The van der Waals surface area contributed by atoms with Gasteiger partial charge in [-0.15, -0.1) is 0 Å². The van der Waals surface area contributed by atoms with Crippen molar-refractivity contribution in [3.8, 4) is 0 Å². The topological polar surface area (TPSA) is 39.7 Å². The number of allylic oxidation sites excluding steroid dienone is 1.